The van der Waals surface area contributed by atoms with E-state index in [1.165, 1.54) is 0 Å². The summed E-state index contributed by atoms with van der Waals surface area (Å²) in [5.74, 6) is 2.56. The molecule has 18 aromatic rings. The lowest BCUT2D eigenvalue weighted by molar-refractivity contribution is 0.316. The fourth-order valence-electron chi connectivity index (χ4n) is 12.5. The smallest absolute Gasteiger partial charge is 0.164 e. The zero-order valence-corrected chi connectivity index (χ0v) is 50.0. The fraction of sp³-hybridized carbons (Fsp3) is 0. The first-order valence-corrected chi connectivity index (χ1v) is 30.7. The van der Waals surface area contributed by atoms with Gasteiger partial charge >= 0.3 is 0 Å². The molecule has 0 bridgehead atoms. The van der Waals surface area contributed by atoms with Gasteiger partial charge in [0.15, 0.2) is 23.3 Å². The van der Waals surface area contributed by atoms with E-state index in [-0.39, 0.29) is 0 Å². The highest BCUT2D eigenvalue weighted by Crippen LogP contribution is 2.43. The van der Waals surface area contributed by atoms with Gasteiger partial charge in [0.25, 0.3) is 0 Å². The summed E-state index contributed by atoms with van der Waals surface area (Å²) in [5.41, 5.74) is 20.2. The maximum atomic E-state index is 5.23. The SMILES string of the molecule is c1ccc(-c2cc(-c3ccc(-c4cccc5nc(-c6ccccc6)c6ccc7nonc7c6c45)cc3)nc(-c3ccccc3)n2)cc1.c1ccc(-c2nc(-c3ccccc3)nc(-c3ccc(-c4cccc5nc(-c6ccccc6)c6ccc7nonc7c6c45)cc3)n2)cc1. The third kappa shape index (κ3) is 10.2. The first-order chi connectivity index (χ1) is 46.6. The maximum Gasteiger partial charge on any atom is 0.164 e. The Bertz CT molecular complexity index is 5350. The van der Waals surface area contributed by atoms with Gasteiger partial charge in [-0.25, -0.2) is 44.1 Å². The van der Waals surface area contributed by atoms with Gasteiger partial charge in [-0.15, -0.1) is 0 Å². The average Bonchev–Trinajstić information content (AvgIpc) is 1.19. The molecule has 13 heteroatoms. The Kier molecular flexibility index (Phi) is 13.8. The summed E-state index contributed by atoms with van der Waals surface area (Å²) in [5, 5.41) is 23.0. The average molecular weight is 1210 g/mol. The van der Waals surface area contributed by atoms with Crippen molar-refractivity contribution in [3.05, 3.63) is 297 Å². The van der Waals surface area contributed by atoms with Gasteiger partial charge in [0.05, 0.1) is 33.8 Å². The van der Waals surface area contributed by atoms with E-state index in [9.17, 15) is 0 Å². The Morgan fingerprint density at radius 3 is 0.915 bits per heavy atom. The molecule has 0 radical (unpaired) electrons. The standard InChI is InChI=1S/C41H25N5O.C40H24N6O/c1-4-11-27(12-5-1)35-25-36(44-41(43-35)30-15-8-3-9-16-30)28-21-19-26(20-22-28)31-17-10-18-33-37(31)38-32(23-24-34-40(38)46-47-45-34)39(42-33)29-13-6-2-7-14-29;1-4-11-26(12-5-1)36-31-23-24-33-37(46-47-45-33)35(31)34-30(17-10-18-32(34)41-36)25-19-21-29(22-20-25)40-43-38(27-13-6-2-7-14-27)42-39(44-40)28-15-8-3-9-16-28/h1-25H;1-24H. The molecule has 0 aliphatic carbocycles. The monoisotopic (exact) mass is 1210 g/mol. The second-order valence-corrected chi connectivity index (χ2v) is 22.7. The predicted molar refractivity (Wildman–Crippen MR) is 373 cm³/mol. The van der Waals surface area contributed by atoms with Gasteiger partial charge in [-0.3, -0.25) is 0 Å². The highest BCUT2D eigenvalue weighted by Gasteiger charge is 2.22. The van der Waals surface area contributed by atoms with Crippen LogP contribution >= 0.6 is 0 Å². The van der Waals surface area contributed by atoms with E-state index >= 15 is 0 Å². The minimum absolute atomic E-state index is 0.608. The first-order valence-electron chi connectivity index (χ1n) is 30.7. The number of rotatable bonds is 10. The molecule has 94 heavy (non-hydrogen) atoms. The van der Waals surface area contributed by atoms with E-state index in [2.05, 4.69) is 148 Å². The van der Waals surface area contributed by atoms with Crippen LogP contribution in [0.2, 0.25) is 0 Å². The van der Waals surface area contributed by atoms with Crippen LogP contribution in [0.3, 0.4) is 0 Å². The summed E-state index contributed by atoms with van der Waals surface area (Å²) in [7, 11) is 0. The van der Waals surface area contributed by atoms with Crippen molar-refractivity contribution in [1.82, 2.24) is 55.5 Å². The highest BCUT2D eigenvalue weighted by molar-refractivity contribution is 6.25. The number of hydrogen-bond donors (Lipinski definition) is 0. The lowest BCUT2D eigenvalue weighted by atomic mass is 9.93. The maximum absolute atomic E-state index is 5.23. The number of hydrogen-bond acceptors (Lipinski definition) is 13. The van der Waals surface area contributed by atoms with Crippen LogP contribution in [-0.4, -0.2) is 55.5 Å². The topological polar surface area (TPSA) is 168 Å². The third-order valence-electron chi connectivity index (χ3n) is 17.0. The Morgan fingerprint density at radius 2 is 0.521 bits per heavy atom. The Morgan fingerprint density at radius 1 is 0.202 bits per heavy atom. The summed E-state index contributed by atoms with van der Waals surface area (Å²) >= 11 is 0. The van der Waals surface area contributed by atoms with E-state index < -0.39 is 0 Å². The Labute approximate surface area is 537 Å². The van der Waals surface area contributed by atoms with Gasteiger partial charge in [-0.1, -0.05) is 255 Å². The molecule has 0 aliphatic rings. The number of aromatic nitrogens is 11. The predicted octanol–water partition coefficient (Wildman–Crippen LogP) is 19.5. The molecule has 6 heterocycles. The lowest BCUT2D eigenvalue weighted by Crippen LogP contribution is -2.00. The van der Waals surface area contributed by atoms with E-state index in [1.54, 1.807) is 0 Å². The Hall–Kier alpha value is -13.1. The molecule has 0 unspecified atom stereocenters. The van der Waals surface area contributed by atoms with Crippen molar-refractivity contribution in [3.8, 4) is 113 Å². The number of benzene rings is 12. The van der Waals surface area contributed by atoms with Gasteiger partial charge in [0.1, 0.15) is 22.1 Å². The van der Waals surface area contributed by atoms with Crippen molar-refractivity contribution in [1.29, 1.82) is 0 Å². The van der Waals surface area contributed by atoms with E-state index in [0.717, 1.165) is 138 Å². The fourth-order valence-corrected chi connectivity index (χ4v) is 12.5. The van der Waals surface area contributed by atoms with Crippen LogP contribution in [0.15, 0.2) is 307 Å². The molecule has 0 saturated carbocycles. The van der Waals surface area contributed by atoms with Crippen LogP contribution in [0.1, 0.15) is 0 Å². The van der Waals surface area contributed by atoms with Gasteiger partial charge in [0.2, 0.25) is 0 Å². The van der Waals surface area contributed by atoms with Crippen molar-refractivity contribution in [3.63, 3.8) is 0 Å². The molecule has 13 nitrogen and oxygen atoms in total. The first kappa shape index (κ1) is 55.0. The second-order valence-electron chi connectivity index (χ2n) is 22.7. The molecule has 6 aromatic heterocycles. The molecule has 0 aliphatic heterocycles. The molecule has 0 fully saturated rings. The summed E-state index contributed by atoms with van der Waals surface area (Å²) in [6.07, 6.45) is 0. The van der Waals surface area contributed by atoms with Crippen LogP contribution in [0, 0.1) is 0 Å². The molecule has 0 amide bonds. The van der Waals surface area contributed by atoms with Gasteiger partial charge in [-0.2, -0.15) is 0 Å². The van der Waals surface area contributed by atoms with E-state index in [0.29, 0.717) is 39.8 Å². The molecular formula is C81H49N11O2. The molecule has 12 aromatic carbocycles. The number of pyridine rings is 2. The van der Waals surface area contributed by atoms with E-state index in [1.807, 2.05) is 170 Å². The number of fused-ring (bicyclic) bond motifs is 10. The summed E-state index contributed by atoms with van der Waals surface area (Å²) in [4.78, 5) is 35.0. The van der Waals surface area contributed by atoms with Crippen molar-refractivity contribution >= 4 is 65.4 Å². The van der Waals surface area contributed by atoms with Crippen molar-refractivity contribution in [2.24, 2.45) is 0 Å². The molecule has 440 valence electrons. The van der Waals surface area contributed by atoms with Crippen LogP contribution < -0.4 is 0 Å². The summed E-state index contributed by atoms with van der Waals surface area (Å²) < 4.78 is 10.5. The zero-order chi connectivity index (χ0) is 62.3. The second kappa shape index (κ2) is 23.7. The molecule has 0 atom stereocenters. The normalized spacial score (nSPS) is 11.4. The largest absolute Gasteiger partial charge is 0.247 e. The quantitative estimate of drug-likeness (QED) is 0.119. The molecular weight excluding hydrogens is 1160 g/mol. The highest BCUT2D eigenvalue weighted by atomic mass is 16.6. The molecule has 0 N–H and O–H groups in total. The van der Waals surface area contributed by atoms with Gasteiger partial charge < -0.3 is 0 Å². The van der Waals surface area contributed by atoms with Crippen LogP contribution in [-0.2, 0) is 0 Å². The minimum atomic E-state index is 0.608. The lowest BCUT2D eigenvalue weighted by Gasteiger charge is -2.14. The third-order valence-corrected chi connectivity index (χ3v) is 17.0. The van der Waals surface area contributed by atoms with Crippen molar-refractivity contribution in [2.75, 3.05) is 0 Å². The summed E-state index contributed by atoms with van der Waals surface area (Å²) in [6.45, 7) is 0. The van der Waals surface area contributed by atoms with E-state index in [4.69, 9.17) is 44.1 Å². The molecule has 0 saturated heterocycles. The van der Waals surface area contributed by atoms with Gasteiger partial charge in [-0.05, 0) is 85.3 Å². The zero-order valence-electron chi connectivity index (χ0n) is 50.0. The minimum Gasteiger partial charge on any atom is -0.247 e. The Balaban J connectivity index is 0.000000143. The van der Waals surface area contributed by atoms with Crippen LogP contribution in [0.5, 0.6) is 0 Å². The van der Waals surface area contributed by atoms with Crippen molar-refractivity contribution in [2.45, 2.75) is 0 Å². The molecule has 18 rings (SSSR count). The van der Waals surface area contributed by atoms with Crippen molar-refractivity contribution < 1.29 is 9.26 Å². The summed E-state index contributed by atoms with van der Waals surface area (Å²) in [6, 6.07) is 100. The van der Waals surface area contributed by atoms with Gasteiger partial charge in [0, 0.05) is 76.8 Å². The number of nitrogens with zero attached hydrogens (tertiary/aromatic N) is 11. The van der Waals surface area contributed by atoms with Crippen LogP contribution in [0.25, 0.3) is 178 Å². The van der Waals surface area contributed by atoms with Crippen LogP contribution in [0.4, 0.5) is 0 Å². The molecule has 0 spiro atoms.